The molecule has 28 heavy (non-hydrogen) atoms. The van der Waals surface area contributed by atoms with Gasteiger partial charge in [0, 0.05) is 18.5 Å². The van der Waals surface area contributed by atoms with Crippen molar-refractivity contribution in [3.05, 3.63) is 53.0 Å². The second-order valence-electron chi connectivity index (χ2n) is 7.23. The van der Waals surface area contributed by atoms with Crippen LogP contribution in [0.15, 0.2) is 39.7 Å². The van der Waals surface area contributed by atoms with Gasteiger partial charge >= 0.3 is 0 Å². The first kappa shape index (κ1) is 22.5. The van der Waals surface area contributed by atoms with E-state index < -0.39 is 5.60 Å². The minimum absolute atomic E-state index is 0. The number of para-hydroxylation sites is 1. The molecule has 0 aliphatic carbocycles. The summed E-state index contributed by atoms with van der Waals surface area (Å²) >= 11 is 0. The van der Waals surface area contributed by atoms with Gasteiger partial charge in [0.25, 0.3) is 0 Å². The molecule has 0 bridgehead atoms. The summed E-state index contributed by atoms with van der Waals surface area (Å²) in [7, 11) is 0. The third-order valence-electron chi connectivity index (χ3n) is 4.72. The molecule has 0 saturated heterocycles. The summed E-state index contributed by atoms with van der Waals surface area (Å²) in [5.41, 5.74) is 0.916. The lowest BCUT2D eigenvalue weighted by Crippen LogP contribution is -2.43. The van der Waals surface area contributed by atoms with Crippen LogP contribution in [-0.4, -0.2) is 36.8 Å². The molecule has 1 aromatic heterocycles. The average Bonchev–Trinajstić information content (AvgIpc) is 3.19. The van der Waals surface area contributed by atoms with Crippen LogP contribution in [0.3, 0.4) is 0 Å². The molecule has 1 aliphatic heterocycles. The Hall–Kier alpha value is -1.74. The van der Waals surface area contributed by atoms with Gasteiger partial charge in [-0.05, 0) is 45.4 Å². The van der Waals surface area contributed by atoms with Crippen LogP contribution in [0.25, 0.3) is 0 Å². The molecule has 2 atom stereocenters. The molecule has 0 spiro atoms. The van der Waals surface area contributed by atoms with Gasteiger partial charge in [0.15, 0.2) is 5.96 Å². The van der Waals surface area contributed by atoms with E-state index >= 15 is 0 Å². The average molecular weight is 499 g/mol. The summed E-state index contributed by atoms with van der Waals surface area (Å²) in [5.74, 6) is 3.13. The van der Waals surface area contributed by atoms with Crippen molar-refractivity contribution in [2.45, 2.75) is 45.8 Å². The SMILES string of the molecule is CCNC(=NCC(C)(O)c1cc(C)oc1C)NCC1Cc2ccccc2O1.I. The lowest BCUT2D eigenvalue weighted by Gasteiger charge is -2.22. The number of halogens is 1. The molecule has 1 aromatic carbocycles. The number of guanidine groups is 1. The van der Waals surface area contributed by atoms with Crippen molar-refractivity contribution < 1.29 is 14.3 Å². The first-order valence-electron chi connectivity index (χ1n) is 9.45. The molecule has 3 rings (SSSR count). The number of aliphatic hydroxyl groups is 1. The smallest absolute Gasteiger partial charge is 0.191 e. The zero-order valence-corrected chi connectivity index (χ0v) is 19.2. The number of rotatable bonds is 6. The maximum absolute atomic E-state index is 10.8. The molecule has 7 heteroatoms. The number of fused-ring (bicyclic) bond motifs is 1. The maximum atomic E-state index is 10.8. The third-order valence-corrected chi connectivity index (χ3v) is 4.72. The highest BCUT2D eigenvalue weighted by molar-refractivity contribution is 14.0. The van der Waals surface area contributed by atoms with Gasteiger partial charge in [0.05, 0.1) is 13.1 Å². The van der Waals surface area contributed by atoms with Crippen molar-refractivity contribution in [2.24, 2.45) is 4.99 Å². The Morgan fingerprint density at radius 1 is 1.29 bits per heavy atom. The number of nitrogens with zero attached hydrogens (tertiary/aromatic N) is 1. The zero-order chi connectivity index (χ0) is 19.4. The maximum Gasteiger partial charge on any atom is 0.191 e. The lowest BCUT2D eigenvalue weighted by atomic mass is 9.96. The molecule has 6 nitrogen and oxygen atoms in total. The van der Waals surface area contributed by atoms with Gasteiger partial charge in [-0.25, -0.2) is 4.99 Å². The fraction of sp³-hybridized carbons (Fsp3) is 0.476. The van der Waals surface area contributed by atoms with Gasteiger partial charge in [0.1, 0.15) is 29.0 Å². The lowest BCUT2D eigenvalue weighted by molar-refractivity contribution is 0.0657. The second-order valence-corrected chi connectivity index (χ2v) is 7.23. The number of benzene rings is 1. The van der Waals surface area contributed by atoms with Gasteiger partial charge in [-0.2, -0.15) is 0 Å². The Morgan fingerprint density at radius 3 is 2.68 bits per heavy atom. The fourth-order valence-electron chi connectivity index (χ4n) is 3.40. The van der Waals surface area contributed by atoms with E-state index in [1.807, 2.05) is 45.0 Å². The standard InChI is InChI=1S/C21H29N3O3.HI/c1-5-22-20(23-12-17-11-16-8-6-7-9-19(16)27-17)24-13-21(4,25)18-10-14(2)26-15(18)3;/h6-10,17,25H,5,11-13H2,1-4H3,(H2,22,23,24);1H. The first-order valence-corrected chi connectivity index (χ1v) is 9.45. The van der Waals surface area contributed by atoms with Crippen LogP contribution in [-0.2, 0) is 12.0 Å². The van der Waals surface area contributed by atoms with Crippen molar-refractivity contribution in [3.63, 3.8) is 0 Å². The summed E-state index contributed by atoms with van der Waals surface area (Å²) in [5, 5.41) is 17.4. The predicted octanol–water partition coefficient (Wildman–Crippen LogP) is 3.28. The van der Waals surface area contributed by atoms with Crippen molar-refractivity contribution in [2.75, 3.05) is 19.6 Å². The number of ether oxygens (including phenoxy) is 1. The van der Waals surface area contributed by atoms with Gasteiger partial charge in [-0.15, -0.1) is 24.0 Å². The minimum Gasteiger partial charge on any atom is -0.488 e. The number of nitrogens with one attached hydrogen (secondary N) is 2. The Labute approximate surface area is 183 Å². The number of hydrogen-bond acceptors (Lipinski definition) is 4. The van der Waals surface area contributed by atoms with Crippen molar-refractivity contribution >= 4 is 29.9 Å². The molecule has 1 aliphatic rings. The fourth-order valence-corrected chi connectivity index (χ4v) is 3.40. The molecular weight excluding hydrogens is 469 g/mol. The summed E-state index contributed by atoms with van der Waals surface area (Å²) in [6, 6.07) is 9.99. The van der Waals surface area contributed by atoms with Crippen LogP contribution in [0.4, 0.5) is 0 Å². The van der Waals surface area contributed by atoms with Crippen LogP contribution in [0.1, 0.15) is 36.5 Å². The summed E-state index contributed by atoms with van der Waals surface area (Å²) in [4.78, 5) is 4.57. The third kappa shape index (κ3) is 5.41. The molecule has 3 N–H and O–H groups in total. The van der Waals surface area contributed by atoms with Crippen LogP contribution in [0, 0.1) is 13.8 Å². The number of aliphatic imine (C=N–C) groups is 1. The number of aryl methyl sites for hydroxylation is 2. The Bertz CT molecular complexity index is 792. The van der Waals surface area contributed by atoms with E-state index in [2.05, 4.69) is 21.7 Å². The highest BCUT2D eigenvalue weighted by Gasteiger charge is 2.28. The van der Waals surface area contributed by atoms with Gasteiger partial charge < -0.3 is 24.9 Å². The van der Waals surface area contributed by atoms with Gasteiger partial charge in [-0.1, -0.05) is 18.2 Å². The molecule has 154 valence electrons. The van der Waals surface area contributed by atoms with Crippen LogP contribution in [0.5, 0.6) is 5.75 Å². The normalized spacial score (nSPS) is 17.9. The van der Waals surface area contributed by atoms with Crippen molar-refractivity contribution in [1.82, 2.24) is 10.6 Å². The van der Waals surface area contributed by atoms with Crippen molar-refractivity contribution in [3.8, 4) is 5.75 Å². The van der Waals surface area contributed by atoms with E-state index in [-0.39, 0.29) is 36.6 Å². The van der Waals surface area contributed by atoms with E-state index in [1.165, 1.54) is 5.56 Å². The monoisotopic (exact) mass is 499 g/mol. The Balaban J connectivity index is 0.00000280. The number of hydrogen-bond donors (Lipinski definition) is 3. The number of furan rings is 1. The predicted molar refractivity (Wildman–Crippen MR) is 122 cm³/mol. The molecule has 2 unspecified atom stereocenters. The minimum atomic E-state index is -1.09. The molecule has 0 radical (unpaired) electrons. The van der Waals surface area contributed by atoms with Gasteiger partial charge in [0.2, 0.25) is 0 Å². The molecule has 2 heterocycles. The molecular formula is C21H30IN3O3. The quantitative estimate of drug-likeness (QED) is 0.323. The van der Waals surface area contributed by atoms with E-state index in [0.717, 1.165) is 35.8 Å². The highest BCUT2D eigenvalue weighted by Crippen LogP contribution is 2.28. The van der Waals surface area contributed by atoms with Crippen LogP contribution >= 0.6 is 24.0 Å². The highest BCUT2D eigenvalue weighted by atomic mass is 127. The Morgan fingerprint density at radius 2 is 2.04 bits per heavy atom. The van der Waals surface area contributed by atoms with E-state index in [1.54, 1.807) is 6.92 Å². The topological polar surface area (TPSA) is 79.0 Å². The molecule has 0 fully saturated rings. The summed E-state index contributed by atoms with van der Waals surface area (Å²) in [6.45, 7) is 9.12. The molecule has 0 saturated carbocycles. The van der Waals surface area contributed by atoms with Crippen LogP contribution in [0.2, 0.25) is 0 Å². The van der Waals surface area contributed by atoms with E-state index in [4.69, 9.17) is 9.15 Å². The zero-order valence-electron chi connectivity index (χ0n) is 16.9. The van der Waals surface area contributed by atoms with E-state index in [9.17, 15) is 5.11 Å². The summed E-state index contributed by atoms with van der Waals surface area (Å²) < 4.78 is 11.5. The van der Waals surface area contributed by atoms with E-state index in [0.29, 0.717) is 12.5 Å². The van der Waals surface area contributed by atoms with Crippen LogP contribution < -0.4 is 15.4 Å². The summed E-state index contributed by atoms with van der Waals surface area (Å²) in [6.07, 6.45) is 0.957. The largest absolute Gasteiger partial charge is 0.488 e. The second kappa shape index (κ2) is 9.65. The molecule has 0 amide bonds. The Kier molecular flexibility index (Phi) is 7.77. The van der Waals surface area contributed by atoms with Crippen molar-refractivity contribution in [1.29, 1.82) is 0 Å². The van der Waals surface area contributed by atoms with Gasteiger partial charge in [-0.3, -0.25) is 0 Å². The molecule has 2 aromatic rings. The first-order chi connectivity index (χ1) is 12.9.